The summed E-state index contributed by atoms with van der Waals surface area (Å²) in [6.45, 7) is 4.07. The van der Waals surface area contributed by atoms with E-state index in [1.807, 2.05) is 18.2 Å². The number of furan rings is 1. The van der Waals surface area contributed by atoms with Crippen LogP contribution in [0.15, 0.2) is 70.1 Å². The molecule has 1 aliphatic carbocycles. The lowest BCUT2D eigenvalue weighted by Crippen LogP contribution is -2.12. The number of benzene rings is 2. The van der Waals surface area contributed by atoms with Crippen LogP contribution in [0.5, 0.6) is 0 Å². The lowest BCUT2D eigenvalue weighted by molar-refractivity contribution is 0.0985. The van der Waals surface area contributed by atoms with Gasteiger partial charge in [-0.25, -0.2) is 0 Å². The van der Waals surface area contributed by atoms with Crippen LogP contribution in [0, 0.1) is 0 Å². The van der Waals surface area contributed by atoms with E-state index in [-0.39, 0.29) is 23.1 Å². The lowest BCUT2D eigenvalue weighted by atomic mass is 9.86. The van der Waals surface area contributed by atoms with E-state index in [1.165, 1.54) is 0 Å². The zero-order valence-corrected chi connectivity index (χ0v) is 14.1. The molecule has 1 aromatic heterocycles. The summed E-state index contributed by atoms with van der Waals surface area (Å²) >= 11 is 3.37. The molecule has 0 saturated heterocycles. The second-order valence-corrected chi connectivity index (χ2v) is 6.46. The van der Waals surface area contributed by atoms with Crippen LogP contribution in [-0.2, 0) is 0 Å². The van der Waals surface area contributed by atoms with Crippen LogP contribution in [-0.4, -0.2) is 11.6 Å². The van der Waals surface area contributed by atoms with Gasteiger partial charge in [0.2, 0.25) is 11.6 Å². The first-order valence-electron chi connectivity index (χ1n) is 7.34. The molecule has 0 spiro atoms. The number of carbonyl (C=O) groups excluding carboxylic acids is 2. The molecule has 3 aromatic rings. The first-order valence-corrected chi connectivity index (χ1v) is 8.13. The Hall–Kier alpha value is -2.72. The molecule has 0 aliphatic heterocycles. The highest BCUT2D eigenvalue weighted by molar-refractivity contribution is 9.10. The fraction of sp³-hybridized carbons (Fsp3) is 0. The van der Waals surface area contributed by atoms with E-state index in [9.17, 15) is 9.59 Å². The quantitative estimate of drug-likeness (QED) is 0.467. The predicted octanol–water partition coefficient (Wildman–Crippen LogP) is 4.88. The van der Waals surface area contributed by atoms with Crippen molar-refractivity contribution in [1.29, 1.82) is 0 Å². The first-order chi connectivity index (χ1) is 11.6. The van der Waals surface area contributed by atoms with Crippen molar-refractivity contribution in [3.63, 3.8) is 0 Å². The molecule has 3 nitrogen and oxygen atoms in total. The third kappa shape index (κ3) is 2.19. The van der Waals surface area contributed by atoms with Gasteiger partial charge in [-0.3, -0.25) is 9.59 Å². The van der Waals surface area contributed by atoms with Gasteiger partial charge in [-0.2, -0.15) is 0 Å². The predicted molar refractivity (Wildman–Crippen MR) is 94.3 cm³/mol. The van der Waals surface area contributed by atoms with Crippen molar-refractivity contribution in [2.24, 2.45) is 0 Å². The van der Waals surface area contributed by atoms with Gasteiger partial charge >= 0.3 is 0 Å². The number of hydrogen-bond donors (Lipinski definition) is 0. The van der Waals surface area contributed by atoms with Crippen LogP contribution in [0.3, 0.4) is 0 Å². The summed E-state index contributed by atoms with van der Waals surface area (Å²) in [5.41, 5.74) is 3.06. The molecule has 24 heavy (non-hydrogen) atoms. The Balaban J connectivity index is 1.83. The largest absolute Gasteiger partial charge is 0.448 e. The number of rotatable bonds is 2. The van der Waals surface area contributed by atoms with Crippen LogP contribution >= 0.6 is 15.9 Å². The molecule has 1 aliphatic rings. The Morgan fingerprint density at radius 1 is 0.958 bits per heavy atom. The number of carbonyl (C=O) groups is 2. The van der Waals surface area contributed by atoms with Gasteiger partial charge in [0.25, 0.3) is 0 Å². The van der Waals surface area contributed by atoms with Crippen molar-refractivity contribution in [3.8, 4) is 0 Å². The van der Waals surface area contributed by atoms with Crippen LogP contribution in [0.1, 0.15) is 43.4 Å². The minimum atomic E-state index is -0.254. The monoisotopic (exact) mass is 378 g/mol. The zero-order chi connectivity index (χ0) is 16.8. The van der Waals surface area contributed by atoms with Crippen LogP contribution in [0.25, 0.3) is 5.57 Å². The average molecular weight is 379 g/mol. The second kappa shape index (κ2) is 5.42. The zero-order valence-electron chi connectivity index (χ0n) is 12.5. The summed E-state index contributed by atoms with van der Waals surface area (Å²) in [6, 6.07) is 15.9. The Kier molecular flexibility index (Phi) is 3.36. The minimum absolute atomic E-state index is 0.146. The maximum absolute atomic E-state index is 12.7. The molecule has 0 atom stereocenters. The van der Waals surface area contributed by atoms with Crippen LogP contribution in [0.2, 0.25) is 0 Å². The average Bonchev–Trinajstić information content (AvgIpc) is 3.05. The van der Waals surface area contributed by atoms with E-state index < -0.39 is 0 Å². The molecule has 0 amide bonds. The molecule has 4 rings (SSSR count). The van der Waals surface area contributed by atoms with Gasteiger partial charge in [-0.15, -0.1) is 0 Å². The van der Waals surface area contributed by atoms with Crippen molar-refractivity contribution in [2.75, 3.05) is 0 Å². The van der Waals surface area contributed by atoms with E-state index in [1.54, 1.807) is 36.4 Å². The molecular formula is C20H11BrO3. The van der Waals surface area contributed by atoms with Gasteiger partial charge in [0.1, 0.15) is 0 Å². The Morgan fingerprint density at radius 2 is 1.71 bits per heavy atom. The smallest absolute Gasteiger partial charge is 0.229 e. The molecule has 0 fully saturated rings. The molecule has 0 radical (unpaired) electrons. The summed E-state index contributed by atoms with van der Waals surface area (Å²) in [5.74, 6) is -0.172. The Morgan fingerprint density at radius 3 is 2.46 bits per heavy atom. The van der Waals surface area contributed by atoms with Crippen molar-refractivity contribution < 1.29 is 14.0 Å². The van der Waals surface area contributed by atoms with E-state index in [0.29, 0.717) is 22.3 Å². The van der Waals surface area contributed by atoms with Crippen molar-refractivity contribution in [1.82, 2.24) is 0 Å². The molecule has 0 unspecified atom stereocenters. The van der Waals surface area contributed by atoms with E-state index in [2.05, 4.69) is 22.5 Å². The van der Waals surface area contributed by atoms with Crippen molar-refractivity contribution in [2.45, 2.75) is 0 Å². The molecule has 2 aromatic carbocycles. The highest BCUT2D eigenvalue weighted by Gasteiger charge is 2.31. The van der Waals surface area contributed by atoms with Gasteiger partial charge in [-0.05, 0) is 29.3 Å². The summed E-state index contributed by atoms with van der Waals surface area (Å²) in [7, 11) is 0. The number of fused-ring (bicyclic) bond motifs is 2. The molecular weight excluding hydrogens is 368 g/mol. The maximum Gasteiger partial charge on any atom is 0.229 e. The highest BCUT2D eigenvalue weighted by atomic mass is 79.9. The lowest BCUT2D eigenvalue weighted by Gasteiger charge is -2.16. The number of ketones is 2. The van der Waals surface area contributed by atoms with Gasteiger partial charge < -0.3 is 4.42 Å². The second-order valence-electron chi connectivity index (χ2n) is 5.55. The Labute approximate surface area is 146 Å². The summed E-state index contributed by atoms with van der Waals surface area (Å²) < 4.78 is 6.43. The summed E-state index contributed by atoms with van der Waals surface area (Å²) in [5, 5.41) is 0. The maximum atomic E-state index is 12.7. The summed E-state index contributed by atoms with van der Waals surface area (Å²) in [4.78, 5) is 25.3. The van der Waals surface area contributed by atoms with Crippen molar-refractivity contribution in [3.05, 3.63) is 99.4 Å². The van der Waals surface area contributed by atoms with Crippen LogP contribution < -0.4 is 0 Å². The van der Waals surface area contributed by atoms with E-state index in [4.69, 9.17) is 4.42 Å². The van der Waals surface area contributed by atoms with Gasteiger partial charge in [0, 0.05) is 21.2 Å². The standard InChI is InChI=1S/C20H11BrO3/c1-11-14-8-7-13(21)9-16(14)19(23)20-15(11)10-17(24-20)18(22)12-5-3-2-4-6-12/h2-10H,1H2. The van der Waals surface area contributed by atoms with Gasteiger partial charge in [0.15, 0.2) is 11.5 Å². The van der Waals surface area contributed by atoms with E-state index >= 15 is 0 Å². The first kappa shape index (κ1) is 14.8. The van der Waals surface area contributed by atoms with Crippen molar-refractivity contribution >= 4 is 33.1 Å². The third-order valence-electron chi connectivity index (χ3n) is 4.07. The normalized spacial score (nSPS) is 12.7. The molecule has 0 saturated carbocycles. The topological polar surface area (TPSA) is 47.3 Å². The highest BCUT2D eigenvalue weighted by Crippen LogP contribution is 2.38. The molecule has 4 heteroatoms. The molecule has 0 N–H and O–H groups in total. The molecule has 0 bridgehead atoms. The van der Waals surface area contributed by atoms with Gasteiger partial charge in [0.05, 0.1) is 0 Å². The molecule has 1 heterocycles. The number of hydrogen-bond acceptors (Lipinski definition) is 3. The number of halogens is 1. The van der Waals surface area contributed by atoms with Gasteiger partial charge in [-0.1, -0.05) is 58.9 Å². The fourth-order valence-electron chi connectivity index (χ4n) is 2.86. The minimum Gasteiger partial charge on any atom is -0.448 e. The molecule has 116 valence electrons. The van der Waals surface area contributed by atoms with E-state index in [0.717, 1.165) is 10.0 Å². The fourth-order valence-corrected chi connectivity index (χ4v) is 3.22. The summed E-state index contributed by atoms with van der Waals surface area (Å²) in [6.07, 6.45) is 0. The Bertz CT molecular complexity index is 1010. The third-order valence-corrected chi connectivity index (χ3v) is 4.57. The van der Waals surface area contributed by atoms with Crippen LogP contribution in [0.4, 0.5) is 0 Å². The SMILES string of the molecule is C=C1c2ccc(Br)cc2C(=O)c2oc(C(=O)c3ccccc3)cc21.